The predicted molar refractivity (Wildman–Crippen MR) is 105 cm³/mol. The van der Waals surface area contributed by atoms with E-state index in [9.17, 15) is 5.26 Å². The van der Waals surface area contributed by atoms with E-state index in [4.69, 9.17) is 4.74 Å². The number of hydrogen-bond acceptors (Lipinski definition) is 2. The molecule has 0 fully saturated rings. The van der Waals surface area contributed by atoms with Crippen LogP contribution in [0, 0.1) is 17.2 Å². The Bertz CT molecular complexity index is 338. The number of nitriles is 1. The highest BCUT2D eigenvalue weighted by atomic mass is 16.5. The molecule has 2 nitrogen and oxygen atoms in total. The molecule has 0 rings (SSSR count). The summed E-state index contributed by atoms with van der Waals surface area (Å²) in [6.07, 6.45) is 16.9. The molecule has 0 aromatic heterocycles. The molecular weight excluding hydrogens is 294 g/mol. The molecule has 0 saturated heterocycles. The molecule has 0 aliphatic carbocycles. The van der Waals surface area contributed by atoms with E-state index < -0.39 is 0 Å². The van der Waals surface area contributed by atoms with E-state index in [1.807, 2.05) is 0 Å². The second-order valence-corrected chi connectivity index (χ2v) is 7.50. The molecule has 0 heterocycles. The number of ether oxygens (including phenoxy) is 1. The molecule has 0 amide bonds. The Kier molecular flexibility index (Phi) is 16.5. The van der Waals surface area contributed by atoms with Gasteiger partial charge in [-0.1, -0.05) is 70.4 Å². The number of unbranched alkanes of at least 4 members (excludes halogenated alkanes) is 7. The topological polar surface area (TPSA) is 33.0 Å². The zero-order chi connectivity index (χ0) is 18.0. The van der Waals surface area contributed by atoms with Crippen LogP contribution in [0.2, 0.25) is 0 Å². The Balaban J connectivity index is 3.56. The van der Waals surface area contributed by atoms with Gasteiger partial charge in [-0.3, -0.25) is 0 Å². The highest BCUT2D eigenvalue weighted by Gasteiger charge is 2.08. The van der Waals surface area contributed by atoms with E-state index in [2.05, 4.69) is 39.8 Å². The van der Waals surface area contributed by atoms with Crippen LogP contribution in [-0.2, 0) is 4.74 Å². The van der Waals surface area contributed by atoms with Gasteiger partial charge in [-0.15, -0.1) is 0 Å². The average molecular weight is 336 g/mol. The van der Waals surface area contributed by atoms with Crippen LogP contribution in [0.5, 0.6) is 0 Å². The molecule has 24 heavy (non-hydrogen) atoms. The van der Waals surface area contributed by atoms with Gasteiger partial charge in [0, 0.05) is 6.61 Å². The van der Waals surface area contributed by atoms with Crippen molar-refractivity contribution in [2.24, 2.45) is 5.92 Å². The van der Waals surface area contributed by atoms with E-state index in [0.29, 0.717) is 5.92 Å². The van der Waals surface area contributed by atoms with E-state index in [-0.39, 0.29) is 6.10 Å². The van der Waals surface area contributed by atoms with Crippen molar-refractivity contribution >= 4 is 0 Å². The molecule has 2 unspecified atom stereocenters. The lowest BCUT2D eigenvalue weighted by molar-refractivity contribution is 0.0727. The van der Waals surface area contributed by atoms with Crippen LogP contribution in [0.4, 0.5) is 0 Å². The first kappa shape index (κ1) is 23.2. The number of allylic oxidation sites excluding steroid dienone is 2. The fourth-order valence-corrected chi connectivity index (χ4v) is 2.86. The molecule has 0 bridgehead atoms. The molecule has 0 N–H and O–H groups in total. The second-order valence-electron chi connectivity index (χ2n) is 7.50. The molecule has 0 spiro atoms. The van der Waals surface area contributed by atoms with Crippen LogP contribution < -0.4 is 0 Å². The molecule has 2 atom stereocenters. The third kappa shape index (κ3) is 16.1. The lowest BCUT2D eigenvalue weighted by Gasteiger charge is -2.14. The molecule has 0 aliphatic heterocycles. The molecule has 0 radical (unpaired) electrons. The summed E-state index contributed by atoms with van der Waals surface area (Å²) in [7, 11) is 0. The first-order valence-corrected chi connectivity index (χ1v) is 10.2. The maximum Gasteiger partial charge on any atom is 0.143 e. The largest absolute Gasteiger partial charge is 0.363 e. The summed E-state index contributed by atoms with van der Waals surface area (Å²) in [5, 5.41) is 9.21. The van der Waals surface area contributed by atoms with Crippen molar-refractivity contribution in [3.63, 3.8) is 0 Å². The summed E-state index contributed by atoms with van der Waals surface area (Å²) < 4.78 is 5.77. The molecule has 0 saturated carbocycles. The number of hydrogen-bond donors (Lipinski definition) is 0. The SMILES string of the molecule is CCCCCCCCCCC(C#N)OCCC(C)CCC=C(C)C. The molecule has 140 valence electrons. The van der Waals surface area contributed by atoms with Gasteiger partial charge < -0.3 is 4.74 Å². The van der Waals surface area contributed by atoms with Crippen molar-refractivity contribution in [2.45, 2.75) is 111 Å². The lowest BCUT2D eigenvalue weighted by Crippen LogP contribution is -2.13. The highest BCUT2D eigenvalue weighted by Crippen LogP contribution is 2.14. The summed E-state index contributed by atoms with van der Waals surface area (Å²) in [6.45, 7) is 9.56. The zero-order valence-electron chi connectivity index (χ0n) is 16.8. The third-order valence-electron chi connectivity index (χ3n) is 4.61. The van der Waals surface area contributed by atoms with Gasteiger partial charge in [0.05, 0.1) is 6.07 Å². The second kappa shape index (κ2) is 17.0. The van der Waals surface area contributed by atoms with Gasteiger partial charge >= 0.3 is 0 Å². The van der Waals surface area contributed by atoms with E-state index in [1.165, 1.54) is 56.9 Å². The van der Waals surface area contributed by atoms with Gasteiger partial charge in [0.2, 0.25) is 0 Å². The first-order valence-electron chi connectivity index (χ1n) is 10.2. The van der Waals surface area contributed by atoms with Crippen molar-refractivity contribution in [3.8, 4) is 6.07 Å². The van der Waals surface area contributed by atoms with Crippen molar-refractivity contribution in [1.29, 1.82) is 5.26 Å². The normalized spacial score (nSPS) is 13.3. The number of rotatable bonds is 16. The van der Waals surface area contributed by atoms with E-state index >= 15 is 0 Å². The average Bonchev–Trinajstić information content (AvgIpc) is 2.55. The summed E-state index contributed by atoms with van der Waals surface area (Å²) in [6, 6.07) is 2.32. The van der Waals surface area contributed by atoms with Crippen molar-refractivity contribution in [2.75, 3.05) is 6.61 Å². The summed E-state index contributed by atoms with van der Waals surface area (Å²) in [5.41, 5.74) is 1.40. The van der Waals surface area contributed by atoms with Crippen LogP contribution in [-0.4, -0.2) is 12.7 Å². The Labute approximate surface area is 151 Å². The van der Waals surface area contributed by atoms with Crippen LogP contribution in [0.25, 0.3) is 0 Å². The Morgan fingerprint density at radius 1 is 0.958 bits per heavy atom. The van der Waals surface area contributed by atoms with Gasteiger partial charge in [0.15, 0.2) is 0 Å². The monoisotopic (exact) mass is 335 g/mol. The Morgan fingerprint density at radius 3 is 2.17 bits per heavy atom. The minimum Gasteiger partial charge on any atom is -0.363 e. The summed E-state index contributed by atoms with van der Waals surface area (Å²) in [5.74, 6) is 0.670. The van der Waals surface area contributed by atoms with Gasteiger partial charge in [0.1, 0.15) is 6.10 Å². The predicted octanol–water partition coefficient (Wildman–Crippen LogP) is 7.20. The minimum atomic E-state index is -0.199. The minimum absolute atomic E-state index is 0.199. The summed E-state index contributed by atoms with van der Waals surface area (Å²) >= 11 is 0. The standard InChI is InChI=1S/C22H41NO/c1-5-6-7-8-9-10-11-12-16-22(19-23)24-18-17-21(4)15-13-14-20(2)3/h14,21-22H,5-13,15-18H2,1-4H3. The van der Waals surface area contributed by atoms with Crippen LogP contribution in [0.3, 0.4) is 0 Å². The fourth-order valence-electron chi connectivity index (χ4n) is 2.86. The molecule has 0 aliphatic rings. The van der Waals surface area contributed by atoms with Crippen molar-refractivity contribution < 1.29 is 4.74 Å². The van der Waals surface area contributed by atoms with Crippen molar-refractivity contribution in [1.82, 2.24) is 0 Å². The van der Waals surface area contributed by atoms with E-state index in [1.54, 1.807) is 0 Å². The zero-order valence-corrected chi connectivity index (χ0v) is 16.8. The quantitative estimate of drug-likeness (QED) is 0.221. The van der Waals surface area contributed by atoms with E-state index in [0.717, 1.165) is 32.3 Å². The molecule has 0 aromatic carbocycles. The van der Waals surface area contributed by atoms with Crippen LogP contribution in [0.15, 0.2) is 11.6 Å². The van der Waals surface area contributed by atoms with Gasteiger partial charge in [0.25, 0.3) is 0 Å². The smallest absolute Gasteiger partial charge is 0.143 e. The van der Waals surface area contributed by atoms with Crippen molar-refractivity contribution in [3.05, 3.63) is 11.6 Å². The lowest BCUT2D eigenvalue weighted by atomic mass is 10.0. The molecule has 2 heteroatoms. The van der Waals surface area contributed by atoms with Gasteiger partial charge in [-0.2, -0.15) is 5.26 Å². The van der Waals surface area contributed by atoms with Crippen LogP contribution >= 0.6 is 0 Å². The van der Waals surface area contributed by atoms with Gasteiger partial charge in [-0.25, -0.2) is 0 Å². The molecule has 0 aromatic rings. The molecular formula is C22H41NO. The van der Waals surface area contributed by atoms with Crippen LogP contribution in [0.1, 0.15) is 105 Å². The third-order valence-corrected chi connectivity index (χ3v) is 4.61. The fraction of sp³-hybridized carbons (Fsp3) is 0.864. The maximum atomic E-state index is 9.21. The van der Waals surface area contributed by atoms with Gasteiger partial charge in [-0.05, 0) is 51.9 Å². The number of nitrogens with zero attached hydrogens (tertiary/aromatic N) is 1. The Morgan fingerprint density at radius 2 is 1.58 bits per heavy atom. The maximum absolute atomic E-state index is 9.21. The summed E-state index contributed by atoms with van der Waals surface area (Å²) in [4.78, 5) is 0. The Hall–Kier alpha value is -0.810. The highest BCUT2D eigenvalue weighted by molar-refractivity contribution is 4.92. The first-order chi connectivity index (χ1) is 11.6.